The van der Waals surface area contributed by atoms with Gasteiger partial charge in [0, 0.05) is 18.5 Å². The Hall–Kier alpha value is -2.14. The molecule has 0 bridgehead atoms. The number of nitrogens with zero attached hydrogens (tertiary/aromatic N) is 2. The molecule has 90 valence electrons. The van der Waals surface area contributed by atoms with Crippen molar-refractivity contribution in [2.45, 2.75) is 0 Å². The Bertz CT molecular complexity index is 741. The van der Waals surface area contributed by atoms with Crippen LogP contribution in [0.15, 0.2) is 35.0 Å². The zero-order chi connectivity index (χ0) is 12.7. The van der Waals surface area contributed by atoms with Gasteiger partial charge >= 0.3 is 0 Å². The maximum atomic E-state index is 13.2. The van der Waals surface area contributed by atoms with E-state index in [-0.39, 0.29) is 5.02 Å². The molecule has 2 N–H and O–H groups in total. The number of aromatic nitrogens is 2. The maximum absolute atomic E-state index is 13.2. The molecule has 0 aliphatic rings. The van der Waals surface area contributed by atoms with Gasteiger partial charge in [-0.3, -0.25) is 4.98 Å². The van der Waals surface area contributed by atoms with Crippen LogP contribution in [0, 0.1) is 5.82 Å². The number of halogens is 2. The molecule has 0 fully saturated rings. The van der Waals surface area contributed by atoms with Gasteiger partial charge in [0.05, 0.1) is 16.3 Å². The summed E-state index contributed by atoms with van der Waals surface area (Å²) in [6.45, 7) is 0. The van der Waals surface area contributed by atoms with Crippen LogP contribution in [0.3, 0.4) is 0 Å². The van der Waals surface area contributed by atoms with Crippen molar-refractivity contribution in [3.8, 4) is 11.5 Å². The van der Waals surface area contributed by atoms with Crippen LogP contribution in [0.1, 0.15) is 0 Å². The number of pyridine rings is 1. The summed E-state index contributed by atoms with van der Waals surface area (Å²) in [7, 11) is 0. The molecule has 3 rings (SSSR count). The normalized spacial score (nSPS) is 11.0. The van der Waals surface area contributed by atoms with Gasteiger partial charge in [0.15, 0.2) is 5.58 Å². The first kappa shape index (κ1) is 11.0. The minimum absolute atomic E-state index is 0.181. The lowest BCUT2D eigenvalue weighted by molar-refractivity contribution is 0.614. The zero-order valence-corrected chi connectivity index (χ0v) is 9.78. The lowest BCUT2D eigenvalue weighted by atomic mass is 10.2. The second-order valence-corrected chi connectivity index (χ2v) is 4.17. The quantitative estimate of drug-likeness (QED) is 0.732. The van der Waals surface area contributed by atoms with Gasteiger partial charge in [-0.25, -0.2) is 9.37 Å². The fourth-order valence-electron chi connectivity index (χ4n) is 1.66. The van der Waals surface area contributed by atoms with Gasteiger partial charge in [-0.1, -0.05) is 11.6 Å². The molecule has 0 radical (unpaired) electrons. The van der Waals surface area contributed by atoms with Gasteiger partial charge in [-0.05, 0) is 12.1 Å². The standard InChI is InChI=1S/C12H7ClFN3O/c13-9-2-7(14)3-10-11(9)18-12(17-10)6-1-8(15)5-16-4-6/h1-5H,15H2. The highest BCUT2D eigenvalue weighted by atomic mass is 35.5. The predicted octanol–water partition coefficient (Wildman–Crippen LogP) is 3.26. The predicted molar refractivity (Wildman–Crippen MR) is 66.6 cm³/mol. The third-order valence-corrected chi connectivity index (χ3v) is 2.70. The second-order valence-electron chi connectivity index (χ2n) is 3.76. The fraction of sp³-hybridized carbons (Fsp3) is 0. The van der Waals surface area contributed by atoms with Crippen LogP contribution in [0.4, 0.5) is 10.1 Å². The molecule has 3 aromatic rings. The second kappa shape index (κ2) is 3.96. The van der Waals surface area contributed by atoms with E-state index in [9.17, 15) is 4.39 Å². The topological polar surface area (TPSA) is 64.9 Å². The molecule has 18 heavy (non-hydrogen) atoms. The van der Waals surface area contributed by atoms with Crippen molar-refractivity contribution in [3.63, 3.8) is 0 Å². The lowest BCUT2D eigenvalue weighted by Gasteiger charge is -1.95. The molecule has 0 saturated heterocycles. The van der Waals surface area contributed by atoms with Crippen molar-refractivity contribution < 1.29 is 8.81 Å². The Labute approximate surface area is 106 Å². The van der Waals surface area contributed by atoms with E-state index in [2.05, 4.69) is 9.97 Å². The van der Waals surface area contributed by atoms with Gasteiger partial charge in [-0.15, -0.1) is 0 Å². The van der Waals surface area contributed by atoms with E-state index < -0.39 is 5.82 Å². The maximum Gasteiger partial charge on any atom is 0.229 e. The van der Waals surface area contributed by atoms with Crippen molar-refractivity contribution in [1.82, 2.24) is 9.97 Å². The number of hydrogen-bond donors (Lipinski definition) is 1. The first-order valence-corrected chi connectivity index (χ1v) is 5.48. The molecule has 0 aliphatic carbocycles. The largest absolute Gasteiger partial charge is 0.434 e. The summed E-state index contributed by atoms with van der Waals surface area (Å²) in [5.41, 5.74) is 7.43. The third-order valence-electron chi connectivity index (χ3n) is 2.42. The first-order chi connectivity index (χ1) is 8.63. The monoisotopic (exact) mass is 263 g/mol. The Morgan fingerprint density at radius 1 is 1.22 bits per heavy atom. The molecule has 4 nitrogen and oxygen atoms in total. The Morgan fingerprint density at radius 3 is 2.83 bits per heavy atom. The number of fused-ring (bicyclic) bond motifs is 1. The molecular formula is C12H7ClFN3O. The molecule has 0 unspecified atom stereocenters. The summed E-state index contributed by atoms with van der Waals surface area (Å²) in [5.74, 6) is -0.157. The zero-order valence-electron chi connectivity index (χ0n) is 9.02. The van der Waals surface area contributed by atoms with Crippen LogP contribution in [-0.4, -0.2) is 9.97 Å². The summed E-state index contributed by atoms with van der Waals surface area (Å²) < 4.78 is 18.7. The van der Waals surface area contributed by atoms with Crippen LogP contribution in [-0.2, 0) is 0 Å². The van der Waals surface area contributed by atoms with Gasteiger partial charge in [0.25, 0.3) is 0 Å². The summed E-state index contributed by atoms with van der Waals surface area (Å²) in [5, 5.41) is 0.181. The number of hydrogen-bond acceptors (Lipinski definition) is 4. The van der Waals surface area contributed by atoms with E-state index in [4.69, 9.17) is 21.8 Å². The number of rotatable bonds is 1. The minimum atomic E-state index is -0.460. The SMILES string of the molecule is Nc1cncc(-c2nc3cc(F)cc(Cl)c3o2)c1. The molecule has 0 spiro atoms. The highest BCUT2D eigenvalue weighted by Crippen LogP contribution is 2.30. The number of anilines is 1. The number of nitrogens with two attached hydrogens (primary N) is 1. The van der Waals surface area contributed by atoms with E-state index in [0.717, 1.165) is 0 Å². The van der Waals surface area contributed by atoms with E-state index in [1.54, 1.807) is 12.3 Å². The minimum Gasteiger partial charge on any atom is -0.434 e. The summed E-state index contributed by atoms with van der Waals surface area (Å²) in [4.78, 5) is 8.10. The smallest absolute Gasteiger partial charge is 0.229 e. The first-order valence-electron chi connectivity index (χ1n) is 5.10. The average molecular weight is 264 g/mol. The van der Waals surface area contributed by atoms with Crippen LogP contribution >= 0.6 is 11.6 Å². The summed E-state index contributed by atoms with van der Waals surface area (Å²) in [6.07, 6.45) is 3.07. The van der Waals surface area contributed by atoms with Crippen LogP contribution in [0.5, 0.6) is 0 Å². The molecule has 2 heterocycles. The van der Waals surface area contributed by atoms with Gasteiger partial charge in [0.1, 0.15) is 11.3 Å². The molecule has 6 heteroatoms. The van der Waals surface area contributed by atoms with Gasteiger partial charge < -0.3 is 10.2 Å². The average Bonchev–Trinajstić information content (AvgIpc) is 2.73. The highest BCUT2D eigenvalue weighted by Gasteiger charge is 2.12. The van der Waals surface area contributed by atoms with Crippen molar-refractivity contribution in [1.29, 1.82) is 0 Å². The van der Waals surface area contributed by atoms with E-state index in [1.807, 2.05) is 0 Å². The Morgan fingerprint density at radius 2 is 2.06 bits per heavy atom. The van der Waals surface area contributed by atoms with Crippen molar-refractivity contribution in [2.75, 3.05) is 5.73 Å². The fourth-order valence-corrected chi connectivity index (χ4v) is 1.90. The number of oxazole rings is 1. The molecule has 1 aromatic carbocycles. The van der Waals surface area contributed by atoms with Crippen LogP contribution in [0.2, 0.25) is 5.02 Å². The Balaban J connectivity index is 2.22. The van der Waals surface area contributed by atoms with E-state index >= 15 is 0 Å². The van der Waals surface area contributed by atoms with Crippen LogP contribution in [0.25, 0.3) is 22.6 Å². The van der Waals surface area contributed by atoms with Crippen LogP contribution < -0.4 is 5.73 Å². The van der Waals surface area contributed by atoms with E-state index in [1.165, 1.54) is 18.3 Å². The Kier molecular flexibility index (Phi) is 2.41. The van der Waals surface area contributed by atoms with Crippen molar-refractivity contribution in [2.24, 2.45) is 0 Å². The molecule has 0 aliphatic heterocycles. The molecule has 2 aromatic heterocycles. The number of benzene rings is 1. The summed E-state index contributed by atoms with van der Waals surface area (Å²) >= 11 is 5.88. The van der Waals surface area contributed by atoms with E-state index in [0.29, 0.717) is 28.2 Å². The molecule has 0 amide bonds. The highest BCUT2D eigenvalue weighted by molar-refractivity contribution is 6.34. The molecule has 0 saturated carbocycles. The molecular weight excluding hydrogens is 257 g/mol. The van der Waals surface area contributed by atoms with Gasteiger partial charge in [0.2, 0.25) is 5.89 Å². The third kappa shape index (κ3) is 1.78. The summed E-state index contributed by atoms with van der Waals surface area (Å²) in [6, 6.07) is 4.10. The number of nitrogen functional groups attached to an aromatic ring is 1. The van der Waals surface area contributed by atoms with Gasteiger partial charge in [-0.2, -0.15) is 0 Å². The van der Waals surface area contributed by atoms with Crippen molar-refractivity contribution in [3.05, 3.63) is 41.4 Å². The lowest BCUT2D eigenvalue weighted by Crippen LogP contribution is -1.87. The van der Waals surface area contributed by atoms with Crippen molar-refractivity contribution >= 4 is 28.4 Å². The molecule has 0 atom stereocenters.